The predicted octanol–water partition coefficient (Wildman–Crippen LogP) is 2.45. The molecule has 6 nitrogen and oxygen atoms in total. The molecule has 0 aliphatic rings. The molecule has 0 aromatic carbocycles. The van der Waals surface area contributed by atoms with Crippen molar-refractivity contribution in [1.29, 1.82) is 0 Å². The van der Waals surface area contributed by atoms with Crippen molar-refractivity contribution in [2.75, 3.05) is 20.7 Å². The van der Waals surface area contributed by atoms with Crippen LogP contribution >= 0.6 is 11.3 Å². The second-order valence-corrected chi connectivity index (χ2v) is 6.08. The summed E-state index contributed by atoms with van der Waals surface area (Å²) in [7, 11) is 3.77. The van der Waals surface area contributed by atoms with Gasteiger partial charge in [-0.15, -0.1) is 11.3 Å². The molecule has 23 heavy (non-hydrogen) atoms. The molecule has 0 aliphatic carbocycles. The molecule has 0 saturated heterocycles. The van der Waals surface area contributed by atoms with Crippen molar-refractivity contribution >= 4 is 17.3 Å². The number of hydrogen-bond acceptors (Lipinski definition) is 5. The Kier molecular flexibility index (Phi) is 6.34. The summed E-state index contributed by atoms with van der Waals surface area (Å²) in [6.45, 7) is 5.89. The highest BCUT2D eigenvalue weighted by molar-refractivity contribution is 7.09. The lowest BCUT2D eigenvalue weighted by Crippen LogP contribution is -2.38. The van der Waals surface area contributed by atoms with E-state index in [0.29, 0.717) is 19.0 Å². The van der Waals surface area contributed by atoms with Crippen molar-refractivity contribution in [2.24, 2.45) is 4.99 Å². The van der Waals surface area contributed by atoms with E-state index in [4.69, 9.17) is 4.74 Å². The molecule has 0 spiro atoms. The normalized spacial score (nSPS) is 11.4. The number of nitrogens with zero attached hydrogens (tertiary/aromatic N) is 4. The Hall–Kier alpha value is -2.15. The maximum Gasteiger partial charge on any atom is 0.218 e. The highest BCUT2D eigenvalue weighted by Gasteiger charge is 2.10. The van der Waals surface area contributed by atoms with E-state index in [-0.39, 0.29) is 0 Å². The first-order valence-electron chi connectivity index (χ1n) is 7.53. The highest BCUT2D eigenvalue weighted by Crippen LogP contribution is 2.14. The number of thiazole rings is 1. The maximum atomic E-state index is 5.55. The van der Waals surface area contributed by atoms with Crippen LogP contribution in [0.15, 0.2) is 28.7 Å². The number of hydrogen-bond donors (Lipinski definition) is 1. The van der Waals surface area contributed by atoms with Gasteiger partial charge < -0.3 is 15.0 Å². The minimum atomic E-state index is 0.599. The quantitative estimate of drug-likeness (QED) is 0.650. The van der Waals surface area contributed by atoms with Gasteiger partial charge in [-0.2, -0.15) is 0 Å². The number of nitrogens with one attached hydrogen (secondary N) is 1. The minimum absolute atomic E-state index is 0.599. The molecule has 1 N–H and O–H groups in total. The Morgan fingerprint density at radius 3 is 2.96 bits per heavy atom. The van der Waals surface area contributed by atoms with Gasteiger partial charge in [-0.25, -0.2) is 9.97 Å². The van der Waals surface area contributed by atoms with Crippen LogP contribution in [0.5, 0.6) is 5.88 Å². The average Bonchev–Trinajstić information content (AvgIpc) is 2.94. The lowest BCUT2D eigenvalue weighted by molar-refractivity contribution is 0.322. The molecule has 2 aromatic rings. The van der Waals surface area contributed by atoms with Gasteiger partial charge in [0.1, 0.15) is 0 Å². The lowest BCUT2D eigenvalue weighted by Gasteiger charge is -2.21. The van der Waals surface area contributed by atoms with Gasteiger partial charge in [-0.1, -0.05) is 6.07 Å². The van der Waals surface area contributed by atoms with E-state index in [1.54, 1.807) is 24.6 Å². The largest absolute Gasteiger partial charge is 0.478 e. The molecule has 2 heterocycles. The van der Waals surface area contributed by atoms with Gasteiger partial charge in [-0.05, 0) is 19.9 Å². The summed E-state index contributed by atoms with van der Waals surface area (Å²) in [4.78, 5) is 15.1. The topological polar surface area (TPSA) is 62.6 Å². The number of guanidine groups is 1. The Morgan fingerprint density at radius 2 is 2.30 bits per heavy atom. The van der Waals surface area contributed by atoms with Crippen molar-refractivity contribution < 1.29 is 4.74 Å². The standard InChI is InChI=1S/C16H23N5OS/c1-5-22-15-13(7-6-8-18-15)9-19-16(17-3)21(4)10-14-11-23-12(2)20-14/h6-8,11H,5,9-10H2,1-4H3,(H,17,19). The maximum absolute atomic E-state index is 5.55. The number of aryl methyl sites for hydroxylation is 1. The van der Waals surface area contributed by atoms with Crippen LogP contribution in [-0.2, 0) is 13.1 Å². The monoisotopic (exact) mass is 333 g/mol. The second kappa shape index (κ2) is 8.47. The van der Waals surface area contributed by atoms with Crippen molar-refractivity contribution in [3.8, 4) is 5.88 Å². The van der Waals surface area contributed by atoms with Crippen molar-refractivity contribution in [2.45, 2.75) is 26.9 Å². The third-order valence-corrected chi connectivity index (χ3v) is 4.03. The van der Waals surface area contributed by atoms with Crippen LogP contribution in [0.1, 0.15) is 23.2 Å². The second-order valence-electron chi connectivity index (χ2n) is 5.02. The molecule has 0 radical (unpaired) electrons. The summed E-state index contributed by atoms with van der Waals surface area (Å²) in [6, 6.07) is 3.91. The molecule has 0 unspecified atom stereocenters. The summed E-state index contributed by atoms with van der Waals surface area (Å²) >= 11 is 1.66. The minimum Gasteiger partial charge on any atom is -0.478 e. The van der Waals surface area contributed by atoms with E-state index in [1.165, 1.54) is 0 Å². The van der Waals surface area contributed by atoms with Crippen molar-refractivity contribution in [1.82, 2.24) is 20.2 Å². The third kappa shape index (κ3) is 4.92. The first kappa shape index (κ1) is 17.2. The SMILES string of the molecule is CCOc1ncccc1CNC(=NC)N(C)Cc1csc(C)n1. The van der Waals surface area contributed by atoms with Gasteiger partial charge in [0, 0.05) is 37.8 Å². The van der Waals surface area contributed by atoms with E-state index in [9.17, 15) is 0 Å². The molecular formula is C16H23N5OS. The fourth-order valence-electron chi connectivity index (χ4n) is 2.18. The van der Waals surface area contributed by atoms with Gasteiger partial charge >= 0.3 is 0 Å². The van der Waals surface area contributed by atoms with Gasteiger partial charge in [0.25, 0.3) is 0 Å². The average molecular weight is 333 g/mol. The van der Waals surface area contributed by atoms with Crippen molar-refractivity contribution in [3.05, 3.63) is 40.0 Å². The van der Waals surface area contributed by atoms with Crippen LogP contribution in [0, 0.1) is 6.92 Å². The van der Waals surface area contributed by atoms with E-state index < -0.39 is 0 Å². The third-order valence-electron chi connectivity index (χ3n) is 3.21. The first-order chi connectivity index (χ1) is 11.1. The molecule has 0 fully saturated rings. The molecule has 0 atom stereocenters. The molecule has 2 rings (SSSR count). The summed E-state index contributed by atoms with van der Waals surface area (Å²) in [5, 5.41) is 6.50. The molecule has 0 saturated carbocycles. The number of rotatable bonds is 6. The van der Waals surface area contributed by atoms with Crippen LogP contribution in [-0.4, -0.2) is 41.5 Å². The summed E-state index contributed by atoms with van der Waals surface area (Å²) in [5.41, 5.74) is 2.06. The molecule has 124 valence electrons. The Labute approximate surface area is 141 Å². The zero-order valence-electron chi connectivity index (χ0n) is 14.0. The Balaban J connectivity index is 1.97. The smallest absolute Gasteiger partial charge is 0.218 e. The predicted molar refractivity (Wildman–Crippen MR) is 93.9 cm³/mol. The van der Waals surface area contributed by atoms with E-state index in [2.05, 4.69) is 25.7 Å². The Morgan fingerprint density at radius 1 is 1.48 bits per heavy atom. The fourth-order valence-corrected chi connectivity index (χ4v) is 2.79. The fraction of sp³-hybridized carbons (Fsp3) is 0.438. The summed E-state index contributed by atoms with van der Waals surface area (Å²) in [6.07, 6.45) is 1.74. The number of pyridine rings is 1. The molecule has 0 amide bonds. The molecule has 0 bridgehead atoms. The Bertz CT molecular complexity index is 655. The molecule has 0 aliphatic heterocycles. The van der Waals surface area contributed by atoms with Gasteiger partial charge in [0.2, 0.25) is 5.88 Å². The van der Waals surface area contributed by atoms with E-state index in [1.807, 2.05) is 37.9 Å². The first-order valence-corrected chi connectivity index (χ1v) is 8.41. The van der Waals surface area contributed by atoms with E-state index in [0.717, 1.165) is 28.8 Å². The number of aliphatic imine (C=N–C) groups is 1. The van der Waals surface area contributed by atoms with Gasteiger partial charge in [0.05, 0.1) is 23.9 Å². The number of aromatic nitrogens is 2. The highest BCUT2D eigenvalue weighted by atomic mass is 32.1. The van der Waals surface area contributed by atoms with Crippen LogP contribution in [0.2, 0.25) is 0 Å². The lowest BCUT2D eigenvalue weighted by atomic mass is 10.2. The molecule has 2 aromatic heterocycles. The van der Waals surface area contributed by atoms with Crippen LogP contribution in [0.25, 0.3) is 0 Å². The molecular weight excluding hydrogens is 310 g/mol. The van der Waals surface area contributed by atoms with Crippen molar-refractivity contribution in [3.63, 3.8) is 0 Å². The zero-order chi connectivity index (χ0) is 16.7. The summed E-state index contributed by atoms with van der Waals surface area (Å²) in [5.74, 6) is 1.47. The van der Waals surface area contributed by atoms with Gasteiger partial charge in [-0.3, -0.25) is 4.99 Å². The van der Waals surface area contributed by atoms with Crippen LogP contribution in [0.3, 0.4) is 0 Å². The van der Waals surface area contributed by atoms with E-state index >= 15 is 0 Å². The van der Waals surface area contributed by atoms with Gasteiger partial charge in [0.15, 0.2) is 5.96 Å². The summed E-state index contributed by atoms with van der Waals surface area (Å²) < 4.78 is 5.55. The van der Waals surface area contributed by atoms with Crippen LogP contribution < -0.4 is 10.1 Å². The zero-order valence-corrected chi connectivity index (χ0v) is 14.9. The van der Waals surface area contributed by atoms with Crippen LogP contribution in [0.4, 0.5) is 0 Å². The number of ether oxygens (including phenoxy) is 1. The molecule has 7 heteroatoms.